The Labute approximate surface area is 98.6 Å². The van der Waals surface area contributed by atoms with E-state index in [2.05, 4.69) is 13.8 Å². The molecule has 0 rings (SSSR count). The van der Waals surface area contributed by atoms with Crippen LogP contribution in [-0.2, 0) is 14.3 Å². The Morgan fingerprint density at radius 3 is 2.25 bits per heavy atom. The summed E-state index contributed by atoms with van der Waals surface area (Å²) in [7, 11) is 0. The number of ether oxygens (including phenoxy) is 1. The lowest BCUT2D eigenvalue weighted by Gasteiger charge is -2.14. The maximum absolute atomic E-state index is 11.6. The summed E-state index contributed by atoms with van der Waals surface area (Å²) < 4.78 is 4.97. The molecule has 3 nitrogen and oxygen atoms in total. The van der Waals surface area contributed by atoms with Crippen LogP contribution in [0.4, 0.5) is 0 Å². The topological polar surface area (TPSA) is 43.4 Å². The lowest BCUT2D eigenvalue weighted by molar-refractivity contribution is -0.149. The number of esters is 1. The lowest BCUT2D eigenvalue weighted by Crippen LogP contribution is -2.20. The molecule has 3 heteroatoms. The van der Waals surface area contributed by atoms with Gasteiger partial charge in [0, 0.05) is 6.42 Å². The van der Waals surface area contributed by atoms with Crippen molar-refractivity contribution in [1.29, 1.82) is 0 Å². The van der Waals surface area contributed by atoms with Gasteiger partial charge in [0.1, 0.15) is 5.78 Å². The van der Waals surface area contributed by atoms with Gasteiger partial charge < -0.3 is 9.53 Å². The van der Waals surface area contributed by atoms with Crippen LogP contribution in [0, 0.1) is 11.8 Å². The van der Waals surface area contributed by atoms with Gasteiger partial charge in [0.15, 0.2) is 0 Å². The summed E-state index contributed by atoms with van der Waals surface area (Å²) in [6.45, 7) is 8.01. The summed E-state index contributed by atoms with van der Waals surface area (Å²) in [4.78, 5) is 22.6. The Balaban J connectivity index is 4.09. The van der Waals surface area contributed by atoms with Crippen molar-refractivity contribution >= 4 is 11.8 Å². The molecule has 94 valence electrons. The highest BCUT2D eigenvalue weighted by Crippen LogP contribution is 2.17. The maximum atomic E-state index is 11.6. The molecule has 0 aliphatic heterocycles. The molecule has 0 N–H and O–H groups in total. The lowest BCUT2D eigenvalue weighted by atomic mass is 9.94. The van der Waals surface area contributed by atoms with Crippen LogP contribution < -0.4 is 0 Å². The first kappa shape index (κ1) is 15.1. The van der Waals surface area contributed by atoms with Crippen LogP contribution in [-0.4, -0.2) is 18.4 Å². The van der Waals surface area contributed by atoms with E-state index in [1.54, 1.807) is 6.92 Å². The molecular weight excluding hydrogens is 204 g/mol. The second kappa shape index (κ2) is 8.31. The highest BCUT2D eigenvalue weighted by molar-refractivity contribution is 5.82. The summed E-state index contributed by atoms with van der Waals surface area (Å²) in [5, 5.41) is 0. The molecule has 0 aromatic carbocycles. The molecular formula is C13H24O3. The quantitative estimate of drug-likeness (QED) is 0.600. The standard InChI is InChI=1S/C13H24O3/c1-5-16-13(15)12(9-11(4)14)8-6-7-10(2)3/h10,12H,5-9H2,1-4H3. The summed E-state index contributed by atoms with van der Waals surface area (Å²) >= 11 is 0. The zero-order chi connectivity index (χ0) is 12.6. The second-order valence-corrected chi connectivity index (χ2v) is 4.68. The number of rotatable bonds is 8. The van der Waals surface area contributed by atoms with E-state index in [1.807, 2.05) is 0 Å². The molecule has 1 unspecified atom stereocenters. The maximum Gasteiger partial charge on any atom is 0.309 e. The number of carbonyl (C=O) groups excluding carboxylic acids is 2. The fourth-order valence-electron chi connectivity index (χ4n) is 1.68. The molecule has 16 heavy (non-hydrogen) atoms. The summed E-state index contributed by atoms with van der Waals surface area (Å²) in [6.07, 6.45) is 3.15. The van der Waals surface area contributed by atoms with Gasteiger partial charge in [0.25, 0.3) is 0 Å². The third-order valence-corrected chi connectivity index (χ3v) is 2.49. The Morgan fingerprint density at radius 1 is 1.19 bits per heavy atom. The third kappa shape index (κ3) is 7.43. The molecule has 1 atom stereocenters. The number of hydrogen-bond acceptors (Lipinski definition) is 3. The number of hydrogen-bond donors (Lipinski definition) is 0. The molecule has 0 saturated heterocycles. The van der Waals surface area contributed by atoms with Crippen molar-refractivity contribution in [1.82, 2.24) is 0 Å². The normalized spacial score (nSPS) is 12.6. The van der Waals surface area contributed by atoms with Crippen LogP contribution in [0.3, 0.4) is 0 Å². The SMILES string of the molecule is CCOC(=O)C(CCCC(C)C)CC(C)=O. The molecule has 0 fully saturated rings. The minimum Gasteiger partial charge on any atom is -0.466 e. The van der Waals surface area contributed by atoms with E-state index in [-0.39, 0.29) is 17.7 Å². The number of carbonyl (C=O) groups is 2. The monoisotopic (exact) mass is 228 g/mol. The van der Waals surface area contributed by atoms with Crippen LogP contribution in [0.1, 0.15) is 53.4 Å². The molecule has 0 saturated carbocycles. The van der Waals surface area contributed by atoms with Gasteiger partial charge in [0.05, 0.1) is 12.5 Å². The van der Waals surface area contributed by atoms with E-state index in [1.165, 1.54) is 6.92 Å². The Hall–Kier alpha value is -0.860. The van der Waals surface area contributed by atoms with E-state index >= 15 is 0 Å². The van der Waals surface area contributed by atoms with Crippen molar-refractivity contribution in [3.63, 3.8) is 0 Å². The largest absolute Gasteiger partial charge is 0.466 e. The van der Waals surface area contributed by atoms with Crippen molar-refractivity contribution in [3.8, 4) is 0 Å². The molecule has 0 bridgehead atoms. The zero-order valence-electron chi connectivity index (χ0n) is 10.9. The fourth-order valence-corrected chi connectivity index (χ4v) is 1.68. The van der Waals surface area contributed by atoms with E-state index in [4.69, 9.17) is 4.74 Å². The van der Waals surface area contributed by atoms with Crippen LogP contribution in [0.15, 0.2) is 0 Å². The van der Waals surface area contributed by atoms with Gasteiger partial charge in [-0.15, -0.1) is 0 Å². The van der Waals surface area contributed by atoms with E-state index in [9.17, 15) is 9.59 Å². The molecule has 0 amide bonds. The van der Waals surface area contributed by atoms with Gasteiger partial charge in [0.2, 0.25) is 0 Å². The molecule has 0 aromatic rings. The predicted octanol–water partition coefficient (Wildman–Crippen LogP) is 2.97. The summed E-state index contributed by atoms with van der Waals surface area (Å²) in [5.41, 5.74) is 0. The van der Waals surface area contributed by atoms with Crippen molar-refractivity contribution in [2.24, 2.45) is 11.8 Å². The van der Waals surface area contributed by atoms with Crippen LogP contribution in [0.5, 0.6) is 0 Å². The van der Waals surface area contributed by atoms with Crippen LogP contribution >= 0.6 is 0 Å². The highest BCUT2D eigenvalue weighted by Gasteiger charge is 2.21. The molecule has 0 spiro atoms. The third-order valence-electron chi connectivity index (χ3n) is 2.49. The fraction of sp³-hybridized carbons (Fsp3) is 0.846. The molecule has 0 aromatic heterocycles. The van der Waals surface area contributed by atoms with Crippen molar-refractivity contribution in [2.45, 2.75) is 53.4 Å². The van der Waals surface area contributed by atoms with E-state index in [0.717, 1.165) is 19.3 Å². The average molecular weight is 228 g/mol. The summed E-state index contributed by atoms with van der Waals surface area (Å²) in [5.74, 6) is 0.237. The van der Waals surface area contributed by atoms with Crippen molar-refractivity contribution in [2.75, 3.05) is 6.61 Å². The minimum atomic E-state index is -0.240. The molecule has 0 aliphatic rings. The first-order chi connectivity index (χ1) is 7.47. The van der Waals surface area contributed by atoms with Gasteiger partial charge >= 0.3 is 5.97 Å². The highest BCUT2D eigenvalue weighted by atomic mass is 16.5. The first-order valence-corrected chi connectivity index (χ1v) is 6.13. The Morgan fingerprint density at radius 2 is 1.81 bits per heavy atom. The summed E-state index contributed by atoms with van der Waals surface area (Å²) in [6, 6.07) is 0. The number of ketones is 1. The van der Waals surface area contributed by atoms with Gasteiger partial charge in [-0.3, -0.25) is 4.79 Å². The smallest absolute Gasteiger partial charge is 0.309 e. The van der Waals surface area contributed by atoms with Crippen LogP contribution in [0.2, 0.25) is 0 Å². The Kier molecular flexibility index (Phi) is 7.86. The first-order valence-electron chi connectivity index (χ1n) is 6.13. The molecule has 0 aliphatic carbocycles. The van der Waals surface area contributed by atoms with Crippen LogP contribution in [0.25, 0.3) is 0 Å². The second-order valence-electron chi connectivity index (χ2n) is 4.68. The molecule has 0 radical (unpaired) electrons. The number of Topliss-reactive ketones (excluding diaryl/α,β-unsaturated/α-hetero) is 1. The van der Waals surface area contributed by atoms with Gasteiger partial charge in [-0.25, -0.2) is 0 Å². The predicted molar refractivity (Wildman–Crippen MR) is 64.1 cm³/mol. The zero-order valence-corrected chi connectivity index (χ0v) is 10.9. The van der Waals surface area contributed by atoms with Gasteiger partial charge in [-0.2, -0.15) is 0 Å². The van der Waals surface area contributed by atoms with Crippen molar-refractivity contribution < 1.29 is 14.3 Å². The minimum absolute atomic E-state index is 0.0580. The Bertz CT molecular complexity index is 221. The van der Waals surface area contributed by atoms with Crippen molar-refractivity contribution in [3.05, 3.63) is 0 Å². The molecule has 0 heterocycles. The van der Waals surface area contributed by atoms with Gasteiger partial charge in [-0.05, 0) is 26.2 Å². The average Bonchev–Trinajstić information content (AvgIpc) is 2.15. The van der Waals surface area contributed by atoms with E-state index in [0.29, 0.717) is 18.9 Å². The van der Waals surface area contributed by atoms with Gasteiger partial charge in [-0.1, -0.05) is 26.7 Å². The van der Waals surface area contributed by atoms with E-state index < -0.39 is 0 Å².